The molecule has 0 saturated heterocycles. The van der Waals surface area contributed by atoms with Gasteiger partial charge in [0.1, 0.15) is 11.0 Å². The number of hydrogen-bond donors (Lipinski definition) is 1. The lowest BCUT2D eigenvalue weighted by atomic mass is 10.1. The summed E-state index contributed by atoms with van der Waals surface area (Å²) in [6.07, 6.45) is 2.15. The zero-order valence-electron chi connectivity index (χ0n) is 11.3. The van der Waals surface area contributed by atoms with Crippen molar-refractivity contribution in [1.82, 2.24) is 10.3 Å². The first-order valence-corrected chi connectivity index (χ1v) is 7.49. The summed E-state index contributed by atoms with van der Waals surface area (Å²) >= 11 is 9.14. The Morgan fingerprint density at radius 2 is 2.19 bits per heavy atom. The third-order valence-electron chi connectivity index (χ3n) is 3.03. The van der Waals surface area contributed by atoms with E-state index in [9.17, 15) is 9.18 Å². The van der Waals surface area contributed by atoms with Gasteiger partial charge in [-0.1, -0.05) is 17.7 Å². The molecule has 1 aromatic carbocycles. The molecule has 1 N–H and O–H groups in total. The zero-order valence-corrected chi connectivity index (χ0v) is 13.6. The number of carbonyl (C=O) groups excluding carboxylic acids is 1. The van der Waals surface area contributed by atoms with Crippen LogP contribution in [0.5, 0.6) is 0 Å². The van der Waals surface area contributed by atoms with Gasteiger partial charge in [-0.25, -0.2) is 9.37 Å². The van der Waals surface area contributed by atoms with Gasteiger partial charge in [-0.15, -0.1) is 0 Å². The fraction of sp³-hybridized carbons (Fsp3) is 0.200. The molecule has 0 aliphatic carbocycles. The lowest BCUT2D eigenvalue weighted by Crippen LogP contribution is -2.26. The van der Waals surface area contributed by atoms with E-state index < -0.39 is 0 Å². The van der Waals surface area contributed by atoms with Gasteiger partial charge in [0.2, 0.25) is 0 Å². The molecule has 6 heteroatoms. The van der Waals surface area contributed by atoms with Gasteiger partial charge < -0.3 is 5.32 Å². The Hall–Kier alpha value is -1.46. The van der Waals surface area contributed by atoms with Crippen LogP contribution < -0.4 is 5.32 Å². The van der Waals surface area contributed by atoms with Gasteiger partial charge in [-0.05, 0) is 58.6 Å². The van der Waals surface area contributed by atoms with Crippen LogP contribution >= 0.6 is 27.5 Å². The van der Waals surface area contributed by atoms with Gasteiger partial charge in [0.25, 0.3) is 5.91 Å². The molecule has 1 aromatic heterocycles. The molecule has 0 radical (unpaired) electrons. The van der Waals surface area contributed by atoms with Crippen molar-refractivity contribution in [2.75, 3.05) is 6.54 Å². The van der Waals surface area contributed by atoms with E-state index in [4.69, 9.17) is 11.6 Å². The largest absolute Gasteiger partial charge is 0.352 e. The first-order chi connectivity index (χ1) is 9.97. The van der Waals surface area contributed by atoms with Crippen molar-refractivity contribution in [2.45, 2.75) is 13.3 Å². The van der Waals surface area contributed by atoms with E-state index in [-0.39, 0.29) is 16.9 Å². The summed E-state index contributed by atoms with van der Waals surface area (Å²) in [5.74, 6) is -0.541. The predicted octanol–water partition coefficient (Wildman–Crippen LogP) is 3.92. The molecule has 0 spiro atoms. The molecule has 0 bridgehead atoms. The van der Waals surface area contributed by atoms with Crippen molar-refractivity contribution >= 4 is 33.4 Å². The number of aryl methyl sites for hydroxylation is 1. The van der Waals surface area contributed by atoms with Crippen molar-refractivity contribution in [3.05, 3.63) is 62.6 Å². The standard InChI is InChI=1S/C15H13BrClFN2O/c1-9-6-12(18)3-2-10(9)4-5-19-15(21)13-7-11(16)8-20-14(13)17/h2-3,6-8H,4-5H2,1H3,(H,19,21). The zero-order chi connectivity index (χ0) is 15.4. The average molecular weight is 372 g/mol. The number of amides is 1. The molecule has 0 aliphatic heterocycles. The van der Waals surface area contributed by atoms with Crippen LogP contribution in [0.3, 0.4) is 0 Å². The molecule has 1 amide bonds. The third kappa shape index (κ3) is 4.25. The van der Waals surface area contributed by atoms with E-state index in [2.05, 4.69) is 26.2 Å². The molecular weight excluding hydrogens is 359 g/mol. The molecule has 0 aliphatic rings. The number of nitrogens with one attached hydrogen (secondary N) is 1. The second kappa shape index (κ2) is 7.00. The van der Waals surface area contributed by atoms with Crippen LogP contribution in [0.15, 0.2) is 34.9 Å². The fourth-order valence-corrected chi connectivity index (χ4v) is 2.45. The van der Waals surface area contributed by atoms with Gasteiger partial charge in [-0.3, -0.25) is 4.79 Å². The number of nitrogens with zero attached hydrogens (tertiary/aromatic N) is 1. The van der Waals surface area contributed by atoms with E-state index >= 15 is 0 Å². The molecule has 21 heavy (non-hydrogen) atoms. The summed E-state index contributed by atoms with van der Waals surface area (Å²) in [6, 6.07) is 6.24. The van der Waals surface area contributed by atoms with Gasteiger partial charge in [0.15, 0.2) is 0 Å². The van der Waals surface area contributed by atoms with Gasteiger partial charge in [-0.2, -0.15) is 0 Å². The van der Waals surface area contributed by atoms with Crippen LogP contribution in [0.2, 0.25) is 5.15 Å². The summed E-state index contributed by atoms with van der Waals surface area (Å²) in [7, 11) is 0. The van der Waals surface area contributed by atoms with Crippen LogP contribution in [-0.2, 0) is 6.42 Å². The van der Waals surface area contributed by atoms with E-state index in [0.717, 1.165) is 11.1 Å². The smallest absolute Gasteiger partial charge is 0.254 e. The highest BCUT2D eigenvalue weighted by atomic mass is 79.9. The second-order valence-corrected chi connectivity index (χ2v) is 5.84. The Kier molecular flexibility index (Phi) is 5.31. The Labute approximate surface area is 135 Å². The third-order valence-corrected chi connectivity index (χ3v) is 3.77. The number of rotatable bonds is 4. The summed E-state index contributed by atoms with van der Waals surface area (Å²) in [4.78, 5) is 15.9. The molecule has 0 fully saturated rings. The highest BCUT2D eigenvalue weighted by Gasteiger charge is 2.11. The van der Waals surface area contributed by atoms with E-state index in [1.807, 2.05) is 6.92 Å². The monoisotopic (exact) mass is 370 g/mol. The van der Waals surface area contributed by atoms with Crippen LogP contribution in [0.1, 0.15) is 21.5 Å². The number of hydrogen-bond acceptors (Lipinski definition) is 2. The summed E-state index contributed by atoms with van der Waals surface area (Å²) < 4.78 is 13.7. The topological polar surface area (TPSA) is 42.0 Å². The number of pyridine rings is 1. The van der Waals surface area contributed by atoms with Crippen molar-refractivity contribution in [2.24, 2.45) is 0 Å². The predicted molar refractivity (Wildman–Crippen MR) is 84.1 cm³/mol. The number of halogens is 3. The molecule has 2 rings (SSSR count). The Morgan fingerprint density at radius 1 is 1.43 bits per heavy atom. The molecular formula is C15H13BrClFN2O. The first kappa shape index (κ1) is 15.9. The van der Waals surface area contributed by atoms with Crippen LogP contribution in [0, 0.1) is 12.7 Å². The fourth-order valence-electron chi connectivity index (χ4n) is 1.93. The molecule has 2 aromatic rings. The van der Waals surface area contributed by atoms with E-state index in [1.165, 1.54) is 18.3 Å². The first-order valence-electron chi connectivity index (χ1n) is 6.31. The van der Waals surface area contributed by atoms with Crippen LogP contribution in [-0.4, -0.2) is 17.4 Å². The normalized spacial score (nSPS) is 10.5. The quantitative estimate of drug-likeness (QED) is 0.828. The van der Waals surface area contributed by atoms with Crippen LogP contribution in [0.25, 0.3) is 0 Å². The average Bonchev–Trinajstić information content (AvgIpc) is 2.43. The van der Waals surface area contributed by atoms with Crippen molar-refractivity contribution < 1.29 is 9.18 Å². The molecule has 3 nitrogen and oxygen atoms in total. The van der Waals surface area contributed by atoms with Crippen LogP contribution in [0.4, 0.5) is 4.39 Å². The lowest BCUT2D eigenvalue weighted by molar-refractivity contribution is 0.0954. The maximum absolute atomic E-state index is 13.0. The van der Waals surface area contributed by atoms with Gasteiger partial charge in [0.05, 0.1) is 5.56 Å². The molecule has 110 valence electrons. The minimum atomic E-state index is -0.284. The number of carbonyl (C=O) groups is 1. The summed E-state index contributed by atoms with van der Waals surface area (Å²) in [5.41, 5.74) is 2.18. The SMILES string of the molecule is Cc1cc(F)ccc1CCNC(=O)c1cc(Br)cnc1Cl. The Balaban J connectivity index is 1.97. The highest BCUT2D eigenvalue weighted by Crippen LogP contribution is 2.18. The maximum Gasteiger partial charge on any atom is 0.254 e. The molecule has 1 heterocycles. The van der Waals surface area contributed by atoms with Crippen molar-refractivity contribution in [3.63, 3.8) is 0 Å². The second-order valence-electron chi connectivity index (χ2n) is 4.57. The minimum Gasteiger partial charge on any atom is -0.352 e. The van der Waals surface area contributed by atoms with E-state index in [1.54, 1.807) is 12.1 Å². The summed E-state index contributed by atoms with van der Waals surface area (Å²) in [5, 5.41) is 2.94. The lowest BCUT2D eigenvalue weighted by Gasteiger charge is -2.08. The minimum absolute atomic E-state index is 0.161. The van der Waals surface area contributed by atoms with Gasteiger partial charge >= 0.3 is 0 Å². The number of benzene rings is 1. The molecule has 0 atom stereocenters. The highest BCUT2D eigenvalue weighted by molar-refractivity contribution is 9.10. The molecule has 0 unspecified atom stereocenters. The van der Waals surface area contributed by atoms with Crippen molar-refractivity contribution in [3.8, 4) is 0 Å². The number of aromatic nitrogens is 1. The van der Waals surface area contributed by atoms with E-state index in [0.29, 0.717) is 23.0 Å². The Bertz CT molecular complexity index is 679. The summed E-state index contributed by atoms with van der Waals surface area (Å²) in [6.45, 7) is 2.28. The van der Waals surface area contributed by atoms with Gasteiger partial charge in [0, 0.05) is 17.2 Å². The Morgan fingerprint density at radius 3 is 2.90 bits per heavy atom. The van der Waals surface area contributed by atoms with Crippen molar-refractivity contribution in [1.29, 1.82) is 0 Å². The maximum atomic E-state index is 13.0. The molecule has 0 saturated carbocycles.